The first-order valence-electron chi connectivity index (χ1n) is 8.28. The second-order valence-electron chi connectivity index (χ2n) is 5.76. The van der Waals surface area contributed by atoms with Crippen LogP contribution in [0.1, 0.15) is 11.4 Å². The lowest BCUT2D eigenvalue weighted by Gasteiger charge is -2.07. The summed E-state index contributed by atoms with van der Waals surface area (Å²) in [5, 5.41) is 20.8. The van der Waals surface area contributed by atoms with Crippen LogP contribution >= 0.6 is 11.8 Å². The third kappa shape index (κ3) is 5.30. The van der Waals surface area contributed by atoms with Gasteiger partial charge in [0.15, 0.2) is 5.82 Å². The number of non-ortho nitro benzene ring substituents is 1. The number of nitro groups is 1. The molecule has 3 aromatic rings. The number of thioether (sulfide) groups is 1. The van der Waals surface area contributed by atoms with Crippen molar-refractivity contribution in [3.63, 3.8) is 0 Å². The van der Waals surface area contributed by atoms with Crippen molar-refractivity contribution in [2.45, 2.75) is 18.7 Å². The Morgan fingerprint density at radius 2 is 2.07 bits per heavy atom. The van der Waals surface area contributed by atoms with Gasteiger partial charge in [-0.25, -0.2) is 4.98 Å². The van der Waals surface area contributed by atoms with Gasteiger partial charge in [-0.15, -0.1) is 5.10 Å². The highest BCUT2D eigenvalue weighted by molar-refractivity contribution is 7.99. The lowest BCUT2D eigenvalue weighted by atomic mass is 10.2. The lowest BCUT2D eigenvalue weighted by Crippen LogP contribution is -2.15. The Morgan fingerprint density at radius 3 is 2.82 bits per heavy atom. The summed E-state index contributed by atoms with van der Waals surface area (Å²) in [6, 6.07) is 13.7. The predicted molar refractivity (Wildman–Crippen MR) is 104 cm³/mol. The summed E-state index contributed by atoms with van der Waals surface area (Å²) in [5.74, 6) is 1.03. The second-order valence-corrected chi connectivity index (χ2v) is 6.70. The summed E-state index contributed by atoms with van der Waals surface area (Å²) < 4.78 is 5.58. The molecule has 0 aliphatic carbocycles. The van der Waals surface area contributed by atoms with E-state index < -0.39 is 4.92 Å². The third-order valence-electron chi connectivity index (χ3n) is 3.67. The highest BCUT2D eigenvalue weighted by atomic mass is 32.2. The molecule has 0 bridgehead atoms. The molecule has 2 aromatic carbocycles. The van der Waals surface area contributed by atoms with E-state index in [0.717, 1.165) is 23.1 Å². The molecular formula is C18H17N5O4S. The van der Waals surface area contributed by atoms with E-state index in [0.29, 0.717) is 16.7 Å². The average molecular weight is 399 g/mol. The van der Waals surface area contributed by atoms with Gasteiger partial charge in [-0.1, -0.05) is 36.0 Å². The standard InChI is InChI=1S/C18H17N5O4S/c1-12-7-8-13(23(25)26)9-15(12)19-17(24)11-28-18-20-16(21-22-18)10-27-14-5-3-2-4-6-14/h2-9H,10-11H2,1H3,(H,19,24)(H,20,21,22). The van der Waals surface area contributed by atoms with Crippen molar-refractivity contribution in [3.8, 4) is 5.75 Å². The molecule has 2 N–H and O–H groups in total. The van der Waals surface area contributed by atoms with Crippen molar-refractivity contribution in [1.82, 2.24) is 15.2 Å². The summed E-state index contributed by atoms with van der Waals surface area (Å²) in [6.45, 7) is 2.00. The van der Waals surface area contributed by atoms with Crippen LogP contribution in [0.4, 0.5) is 11.4 Å². The van der Waals surface area contributed by atoms with Crippen molar-refractivity contribution in [3.05, 3.63) is 70.0 Å². The van der Waals surface area contributed by atoms with E-state index in [-0.39, 0.29) is 24.0 Å². The minimum absolute atomic E-state index is 0.0684. The fourth-order valence-electron chi connectivity index (χ4n) is 2.25. The first-order chi connectivity index (χ1) is 13.5. The van der Waals surface area contributed by atoms with Gasteiger partial charge in [0.1, 0.15) is 12.4 Å². The monoisotopic (exact) mass is 399 g/mol. The topological polar surface area (TPSA) is 123 Å². The number of H-pyrrole nitrogens is 1. The Morgan fingerprint density at radius 1 is 1.29 bits per heavy atom. The molecule has 10 heteroatoms. The molecule has 1 heterocycles. The molecule has 0 saturated heterocycles. The Bertz CT molecular complexity index is 977. The summed E-state index contributed by atoms with van der Waals surface area (Å²) in [4.78, 5) is 26.8. The van der Waals surface area contributed by atoms with Crippen molar-refractivity contribution < 1.29 is 14.5 Å². The van der Waals surface area contributed by atoms with E-state index in [2.05, 4.69) is 20.5 Å². The highest BCUT2D eigenvalue weighted by Crippen LogP contribution is 2.22. The molecule has 0 aliphatic heterocycles. The van der Waals surface area contributed by atoms with Gasteiger partial charge in [-0.05, 0) is 24.6 Å². The van der Waals surface area contributed by atoms with E-state index in [9.17, 15) is 14.9 Å². The van der Waals surface area contributed by atoms with Gasteiger partial charge in [0.05, 0.1) is 16.4 Å². The number of anilines is 1. The number of amides is 1. The number of para-hydroxylation sites is 1. The van der Waals surface area contributed by atoms with Crippen LogP contribution in [0.2, 0.25) is 0 Å². The van der Waals surface area contributed by atoms with Crippen LogP contribution in [0.5, 0.6) is 5.75 Å². The summed E-state index contributed by atoms with van der Waals surface area (Å²) in [6.07, 6.45) is 0. The Labute approximate surface area is 164 Å². The average Bonchev–Trinajstić information content (AvgIpc) is 3.15. The van der Waals surface area contributed by atoms with Crippen molar-refractivity contribution in [2.24, 2.45) is 0 Å². The maximum Gasteiger partial charge on any atom is 0.271 e. The zero-order valence-electron chi connectivity index (χ0n) is 14.9. The molecule has 0 aliphatic rings. The quantitative estimate of drug-likeness (QED) is 0.338. The summed E-state index contributed by atoms with van der Waals surface area (Å²) >= 11 is 1.15. The van der Waals surface area contributed by atoms with Crippen LogP contribution in [0.3, 0.4) is 0 Å². The number of nitrogens with one attached hydrogen (secondary N) is 2. The highest BCUT2D eigenvalue weighted by Gasteiger charge is 2.12. The number of aromatic amines is 1. The molecule has 3 rings (SSSR count). The molecule has 0 atom stereocenters. The van der Waals surface area contributed by atoms with Gasteiger partial charge < -0.3 is 10.1 Å². The molecule has 0 spiro atoms. The van der Waals surface area contributed by atoms with E-state index >= 15 is 0 Å². The van der Waals surface area contributed by atoms with E-state index in [1.165, 1.54) is 12.1 Å². The summed E-state index contributed by atoms with van der Waals surface area (Å²) in [7, 11) is 0. The SMILES string of the molecule is Cc1ccc([N+](=O)[O-])cc1NC(=O)CSc1n[nH]c(COc2ccccc2)n1. The van der Waals surface area contributed by atoms with Crippen LogP contribution in [0.15, 0.2) is 53.7 Å². The van der Waals surface area contributed by atoms with E-state index in [4.69, 9.17) is 4.74 Å². The maximum atomic E-state index is 12.1. The largest absolute Gasteiger partial charge is 0.486 e. The Kier molecular flexibility index (Phi) is 6.22. The number of nitro benzene ring substituents is 1. The number of nitrogens with zero attached hydrogens (tertiary/aromatic N) is 3. The molecule has 28 heavy (non-hydrogen) atoms. The van der Waals surface area contributed by atoms with Crippen LogP contribution in [0, 0.1) is 17.0 Å². The third-order valence-corrected chi connectivity index (χ3v) is 4.52. The molecule has 0 saturated carbocycles. The number of hydrogen-bond acceptors (Lipinski definition) is 7. The van der Waals surface area contributed by atoms with E-state index in [1.807, 2.05) is 30.3 Å². The summed E-state index contributed by atoms with van der Waals surface area (Å²) in [5.41, 5.74) is 1.07. The van der Waals surface area contributed by atoms with Gasteiger partial charge in [-0.2, -0.15) is 0 Å². The fourth-order valence-corrected chi connectivity index (χ4v) is 2.87. The molecule has 144 valence electrons. The van der Waals surface area contributed by atoms with Crippen molar-refractivity contribution >= 4 is 29.0 Å². The molecular weight excluding hydrogens is 382 g/mol. The minimum Gasteiger partial charge on any atom is -0.486 e. The van der Waals surface area contributed by atoms with Crippen molar-refractivity contribution in [2.75, 3.05) is 11.1 Å². The molecule has 9 nitrogen and oxygen atoms in total. The Hall–Kier alpha value is -3.40. The van der Waals surface area contributed by atoms with Crippen LogP contribution < -0.4 is 10.1 Å². The van der Waals surface area contributed by atoms with Gasteiger partial charge >= 0.3 is 0 Å². The molecule has 1 amide bonds. The van der Waals surface area contributed by atoms with Crippen LogP contribution in [-0.4, -0.2) is 31.8 Å². The van der Waals surface area contributed by atoms with Gasteiger partial charge in [0, 0.05) is 12.1 Å². The lowest BCUT2D eigenvalue weighted by molar-refractivity contribution is -0.384. The number of ether oxygens (including phenoxy) is 1. The first kappa shape index (κ1) is 19.4. The zero-order valence-corrected chi connectivity index (χ0v) is 15.7. The molecule has 0 unspecified atom stereocenters. The zero-order chi connectivity index (χ0) is 19.9. The number of rotatable bonds is 8. The number of aryl methyl sites for hydroxylation is 1. The van der Waals surface area contributed by atoms with E-state index in [1.54, 1.807) is 13.0 Å². The fraction of sp³-hybridized carbons (Fsp3) is 0.167. The maximum absolute atomic E-state index is 12.1. The second kappa shape index (κ2) is 9.00. The Balaban J connectivity index is 1.50. The molecule has 1 aromatic heterocycles. The van der Waals surface area contributed by atoms with Gasteiger partial charge in [0.25, 0.3) is 5.69 Å². The number of aromatic nitrogens is 3. The van der Waals surface area contributed by atoms with Crippen LogP contribution in [0.25, 0.3) is 0 Å². The molecule has 0 fully saturated rings. The van der Waals surface area contributed by atoms with Gasteiger partial charge in [0.2, 0.25) is 11.1 Å². The number of benzene rings is 2. The van der Waals surface area contributed by atoms with Crippen molar-refractivity contribution in [1.29, 1.82) is 0 Å². The van der Waals surface area contributed by atoms with Gasteiger partial charge in [-0.3, -0.25) is 20.0 Å². The normalized spacial score (nSPS) is 10.5. The first-order valence-corrected chi connectivity index (χ1v) is 9.26. The molecule has 0 radical (unpaired) electrons. The number of carbonyl (C=O) groups excluding carboxylic acids is 1. The number of hydrogen-bond donors (Lipinski definition) is 2. The number of carbonyl (C=O) groups is 1. The van der Waals surface area contributed by atoms with Crippen LogP contribution in [-0.2, 0) is 11.4 Å². The predicted octanol–water partition coefficient (Wildman–Crippen LogP) is 3.33. The minimum atomic E-state index is -0.503. The smallest absolute Gasteiger partial charge is 0.271 e.